The first-order valence-electron chi connectivity index (χ1n) is 12.5. The fraction of sp³-hybridized carbons (Fsp3) is 0.323. The van der Waals surface area contributed by atoms with E-state index in [1.54, 1.807) is 0 Å². The molecule has 0 unspecified atom stereocenters. The zero-order chi connectivity index (χ0) is 24.1. The Hall–Kier alpha value is -3.89. The molecule has 0 spiro atoms. The Labute approximate surface area is 205 Å². The summed E-state index contributed by atoms with van der Waals surface area (Å²) in [6.45, 7) is 2.04. The lowest BCUT2D eigenvalue weighted by Gasteiger charge is -2.51. The van der Waals surface area contributed by atoms with E-state index in [0.29, 0.717) is 23.0 Å². The van der Waals surface area contributed by atoms with Crippen LogP contribution in [0.2, 0.25) is 0 Å². The topological polar surface area (TPSA) is 73.9 Å². The first-order chi connectivity index (χ1) is 17.1. The van der Waals surface area contributed by atoms with Crippen molar-refractivity contribution in [1.29, 1.82) is 10.5 Å². The Morgan fingerprint density at radius 2 is 1.40 bits per heavy atom. The lowest BCUT2D eigenvalue weighted by atomic mass is 9.53. The molecule has 4 saturated carbocycles. The molecule has 4 heteroatoms. The van der Waals surface area contributed by atoms with Crippen molar-refractivity contribution >= 4 is 11.5 Å². The highest BCUT2D eigenvalue weighted by molar-refractivity contribution is 6.07. The Morgan fingerprint density at radius 3 is 1.97 bits per heavy atom. The summed E-state index contributed by atoms with van der Waals surface area (Å²) in [6, 6.07) is 22.1. The summed E-state index contributed by atoms with van der Waals surface area (Å²) in [5.74, 6) is 1.95. The molecule has 172 valence electrons. The van der Waals surface area contributed by atoms with Gasteiger partial charge in [0.2, 0.25) is 0 Å². The molecule has 5 aliphatic rings. The summed E-state index contributed by atoms with van der Waals surface area (Å²) in [6.07, 6.45) is 5.82. The molecule has 0 N–H and O–H groups in total. The van der Waals surface area contributed by atoms with Crippen LogP contribution in [0.3, 0.4) is 0 Å². The van der Waals surface area contributed by atoms with Crippen LogP contribution in [0, 0.1) is 53.3 Å². The van der Waals surface area contributed by atoms with Crippen LogP contribution in [0.25, 0.3) is 5.57 Å². The Balaban J connectivity index is 1.71. The second kappa shape index (κ2) is 8.40. The van der Waals surface area contributed by atoms with E-state index in [1.807, 2.05) is 73.7 Å². The van der Waals surface area contributed by atoms with E-state index in [0.717, 1.165) is 59.8 Å². The minimum atomic E-state index is -0.416. The predicted molar refractivity (Wildman–Crippen MR) is 132 cm³/mol. The van der Waals surface area contributed by atoms with E-state index < -0.39 is 5.97 Å². The fourth-order valence-corrected chi connectivity index (χ4v) is 7.09. The van der Waals surface area contributed by atoms with Crippen molar-refractivity contribution in [2.45, 2.75) is 39.0 Å². The third-order valence-corrected chi connectivity index (χ3v) is 8.29. The van der Waals surface area contributed by atoms with Gasteiger partial charge in [-0.1, -0.05) is 60.2 Å². The second-order valence-corrected chi connectivity index (χ2v) is 10.4. The van der Waals surface area contributed by atoms with Gasteiger partial charge in [0.1, 0.15) is 12.1 Å². The summed E-state index contributed by atoms with van der Waals surface area (Å²) in [7, 11) is 0. The molecule has 1 aliphatic heterocycles. The summed E-state index contributed by atoms with van der Waals surface area (Å²) < 4.78 is 5.81. The predicted octanol–water partition coefficient (Wildman–Crippen LogP) is 6.41. The van der Waals surface area contributed by atoms with E-state index in [4.69, 9.17) is 4.74 Å². The van der Waals surface area contributed by atoms with E-state index in [-0.39, 0.29) is 11.3 Å². The van der Waals surface area contributed by atoms with Gasteiger partial charge in [-0.05, 0) is 79.4 Å². The number of benzene rings is 2. The number of hydrogen-bond donors (Lipinski definition) is 0. The van der Waals surface area contributed by atoms with Gasteiger partial charge in [-0.2, -0.15) is 10.5 Å². The number of carbonyl (C=O) groups excluding carboxylic acids is 1. The summed E-state index contributed by atoms with van der Waals surface area (Å²) >= 11 is 0. The van der Waals surface area contributed by atoms with Gasteiger partial charge in [0, 0.05) is 11.1 Å². The molecule has 0 amide bonds. The zero-order valence-electron chi connectivity index (χ0n) is 19.8. The van der Waals surface area contributed by atoms with Crippen LogP contribution in [0.1, 0.15) is 48.8 Å². The molecule has 0 atom stereocenters. The number of nitrogens with zero attached hydrogens (tertiary/aromatic N) is 2. The maximum Gasteiger partial charge on any atom is 0.344 e. The maximum atomic E-state index is 13.6. The van der Waals surface area contributed by atoms with Crippen LogP contribution >= 0.6 is 0 Å². The number of nitriles is 2. The van der Waals surface area contributed by atoms with Gasteiger partial charge in [-0.15, -0.1) is 0 Å². The highest BCUT2D eigenvalue weighted by Crippen LogP contribution is 2.59. The Kier molecular flexibility index (Phi) is 5.19. The average Bonchev–Trinajstić information content (AvgIpc) is 3.18. The molecule has 5 fully saturated rings. The van der Waals surface area contributed by atoms with Crippen LogP contribution in [0.4, 0.5) is 0 Å². The normalized spacial score (nSPS) is 28.0. The third kappa shape index (κ3) is 3.53. The van der Waals surface area contributed by atoms with Gasteiger partial charge in [-0.25, -0.2) is 4.79 Å². The minimum absolute atomic E-state index is 0.107. The van der Waals surface area contributed by atoms with Gasteiger partial charge < -0.3 is 4.74 Å². The Morgan fingerprint density at radius 1 is 0.829 bits per heavy atom. The molecule has 4 bridgehead atoms. The van der Waals surface area contributed by atoms with Crippen LogP contribution in [-0.4, -0.2) is 5.97 Å². The minimum Gasteiger partial charge on any atom is -0.420 e. The summed E-state index contributed by atoms with van der Waals surface area (Å²) in [4.78, 5) is 13.6. The molecule has 0 radical (unpaired) electrons. The molecule has 2 aromatic rings. The molecule has 4 nitrogen and oxygen atoms in total. The van der Waals surface area contributed by atoms with Gasteiger partial charge >= 0.3 is 5.97 Å². The second-order valence-electron chi connectivity index (χ2n) is 10.4. The standard InChI is InChI=1S/C31H26N2O2/c1-18-7-9-22(10-8-18)26(21-5-3-2-4-6-21)28-29(31(34)35-30(28)25(16-32)17-33)27-23-12-19-11-20(14-23)15-24(27)13-19/h2-10,19-20,23-24H,11-15H2,1H3. The largest absolute Gasteiger partial charge is 0.420 e. The van der Waals surface area contributed by atoms with Crippen molar-refractivity contribution in [2.75, 3.05) is 0 Å². The SMILES string of the molecule is Cc1ccc(C(=C2C(=C(C#N)C#N)OC(=O)C2=C2C3CC4CC(C3)CC2C4)c2ccccc2)cc1. The number of ether oxygens (including phenoxy) is 1. The maximum absolute atomic E-state index is 13.6. The van der Waals surface area contributed by atoms with Crippen molar-refractivity contribution in [2.24, 2.45) is 23.7 Å². The number of carbonyl (C=O) groups is 1. The highest BCUT2D eigenvalue weighted by atomic mass is 16.5. The Bertz CT molecular complexity index is 1350. The number of hydrogen-bond acceptors (Lipinski definition) is 4. The van der Waals surface area contributed by atoms with Gasteiger partial charge in [0.25, 0.3) is 0 Å². The number of aryl methyl sites for hydroxylation is 1. The molecule has 1 heterocycles. The molecule has 35 heavy (non-hydrogen) atoms. The fourth-order valence-electron chi connectivity index (χ4n) is 7.09. The van der Waals surface area contributed by atoms with Crippen LogP contribution < -0.4 is 0 Å². The number of rotatable bonds is 2. The molecular weight excluding hydrogens is 432 g/mol. The van der Waals surface area contributed by atoms with Gasteiger partial charge in [-0.3, -0.25) is 0 Å². The monoisotopic (exact) mass is 458 g/mol. The quantitative estimate of drug-likeness (QED) is 0.296. The van der Waals surface area contributed by atoms with E-state index >= 15 is 0 Å². The smallest absolute Gasteiger partial charge is 0.344 e. The van der Waals surface area contributed by atoms with Crippen molar-refractivity contribution < 1.29 is 9.53 Å². The van der Waals surface area contributed by atoms with Crippen molar-refractivity contribution in [1.82, 2.24) is 0 Å². The van der Waals surface area contributed by atoms with Gasteiger partial charge in [0.05, 0.1) is 5.57 Å². The van der Waals surface area contributed by atoms with Crippen LogP contribution in [0.5, 0.6) is 0 Å². The number of cyclic esters (lactones) is 1. The van der Waals surface area contributed by atoms with Crippen molar-refractivity contribution in [3.8, 4) is 12.1 Å². The molecule has 7 rings (SSSR count). The van der Waals surface area contributed by atoms with Crippen molar-refractivity contribution in [3.63, 3.8) is 0 Å². The van der Waals surface area contributed by atoms with Crippen LogP contribution in [0.15, 0.2) is 82.6 Å². The van der Waals surface area contributed by atoms with E-state index in [2.05, 4.69) is 0 Å². The molecule has 4 aliphatic carbocycles. The first kappa shape index (κ1) is 21.6. The lowest BCUT2D eigenvalue weighted by Crippen LogP contribution is -2.41. The summed E-state index contributed by atoms with van der Waals surface area (Å²) in [5, 5.41) is 19.6. The molecule has 2 aromatic carbocycles. The van der Waals surface area contributed by atoms with Crippen LogP contribution in [-0.2, 0) is 9.53 Å². The molecule has 1 saturated heterocycles. The first-order valence-corrected chi connectivity index (χ1v) is 12.5. The molecular formula is C31H26N2O2. The van der Waals surface area contributed by atoms with Gasteiger partial charge in [0.15, 0.2) is 11.3 Å². The number of allylic oxidation sites excluding steroid dienone is 3. The van der Waals surface area contributed by atoms with E-state index in [9.17, 15) is 15.3 Å². The third-order valence-electron chi connectivity index (χ3n) is 8.29. The highest BCUT2D eigenvalue weighted by Gasteiger charge is 2.49. The number of esters is 1. The lowest BCUT2D eigenvalue weighted by molar-refractivity contribution is -0.132. The summed E-state index contributed by atoms with van der Waals surface area (Å²) in [5.41, 5.74) is 6.11. The van der Waals surface area contributed by atoms with E-state index in [1.165, 1.54) is 12.0 Å². The van der Waals surface area contributed by atoms with Crippen molar-refractivity contribution in [3.05, 3.63) is 99.3 Å². The molecule has 0 aromatic heterocycles. The average molecular weight is 459 g/mol. The zero-order valence-corrected chi connectivity index (χ0v) is 19.8.